The summed E-state index contributed by atoms with van der Waals surface area (Å²) in [5.41, 5.74) is 1.41. The molecule has 5 nitrogen and oxygen atoms in total. The maximum absolute atomic E-state index is 11.3. The smallest absolute Gasteiger partial charge is 0.407 e. The minimum absolute atomic E-state index is 0.0934. The average molecular weight is 286 g/mol. The van der Waals surface area contributed by atoms with Gasteiger partial charge in [-0.1, -0.05) is 23.7 Å². The lowest BCUT2D eigenvalue weighted by atomic mass is 10.0. The molecule has 1 fully saturated rings. The van der Waals surface area contributed by atoms with E-state index in [4.69, 9.17) is 21.4 Å². The number of carbonyl (C=O) groups is 1. The van der Waals surface area contributed by atoms with Gasteiger partial charge in [-0.25, -0.2) is 4.79 Å². The fourth-order valence-electron chi connectivity index (χ4n) is 2.20. The van der Waals surface area contributed by atoms with Gasteiger partial charge in [0, 0.05) is 18.2 Å². The fourth-order valence-corrected chi connectivity index (χ4v) is 2.53. The number of benzene rings is 1. The molecule has 6 heteroatoms. The first-order valence-corrected chi connectivity index (χ1v) is 6.47. The Hall–Kier alpha value is -1.30. The van der Waals surface area contributed by atoms with Gasteiger partial charge in [0.15, 0.2) is 0 Å². The maximum Gasteiger partial charge on any atom is 0.407 e. The van der Waals surface area contributed by atoms with Crippen molar-refractivity contribution in [1.29, 1.82) is 0 Å². The van der Waals surface area contributed by atoms with Crippen LogP contribution in [-0.4, -0.2) is 41.0 Å². The Morgan fingerprint density at radius 1 is 1.53 bits per heavy atom. The van der Waals surface area contributed by atoms with Crippen LogP contribution in [0.4, 0.5) is 4.79 Å². The van der Waals surface area contributed by atoms with Gasteiger partial charge < -0.3 is 14.9 Å². The molecule has 0 aliphatic carbocycles. The molecule has 0 spiro atoms. The first kappa shape index (κ1) is 14.1. The number of hydrogen-bond acceptors (Lipinski definition) is 3. The van der Waals surface area contributed by atoms with Crippen LogP contribution in [0.1, 0.15) is 23.6 Å². The summed E-state index contributed by atoms with van der Waals surface area (Å²) in [6.07, 6.45) is -0.299. The molecule has 2 N–H and O–H groups in total. The first-order chi connectivity index (χ1) is 9.13. The highest BCUT2D eigenvalue weighted by Gasteiger charge is 2.28. The Morgan fingerprint density at radius 2 is 2.32 bits per heavy atom. The normalized spacial score (nSPS) is 20.1. The number of hydrogen-bond donors (Lipinski definition) is 2. The van der Waals surface area contributed by atoms with Crippen molar-refractivity contribution < 1.29 is 19.7 Å². The highest BCUT2D eigenvalue weighted by atomic mass is 35.5. The second-order valence-electron chi connectivity index (χ2n) is 4.43. The maximum atomic E-state index is 11.3. The molecule has 0 saturated carbocycles. The second-order valence-corrected chi connectivity index (χ2v) is 4.84. The van der Waals surface area contributed by atoms with E-state index in [9.17, 15) is 9.90 Å². The van der Waals surface area contributed by atoms with Crippen LogP contribution in [0.3, 0.4) is 0 Å². The zero-order valence-electron chi connectivity index (χ0n) is 10.4. The van der Waals surface area contributed by atoms with Gasteiger partial charge >= 0.3 is 6.09 Å². The molecular weight excluding hydrogens is 270 g/mol. The minimum atomic E-state index is -0.974. The van der Waals surface area contributed by atoms with Crippen LogP contribution >= 0.6 is 11.6 Å². The number of rotatable bonds is 2. The molecular formula is C13H16ClNO4. The summed E-state index contributed by atoms with van der Waals surface area (Å²) in [5, 5.41) is 18.8. The third-order valence-electron chi connectivity index (χ3n) is 3.19. The molecule has 1 aliphatic heterocycles. The highest BCUT2D eigenvalue weighted by molar-refractivity contribution is 6.31. The third-order valence-corrected chi connectivity index (χ3v) is 3.52. The number of aliphatic hydroxyl groups is 1. The van der Waals surface area contributed by atoms with E-state index in [0.29, 0.717) is 42.3 Å². The van der Waals surface area contributed by atoms with Gasteiger partial charge in [-0.15, -0.1) is 0 Å². The van der Waals surface area contributed by atoms with Crippen molar-refractivity contribution in [1.82, 2.24) is 4.90 Å². The van der Waals surface area contributed by atoms with E-state index in [1.807, 2.05) is 0 Å². The first-order valence-electron chi connectivity index (χ1n) is 6.10. The van der Waals surface area contributed by atoms with Crippen molar-refractivity contribution in [2.45, 2.75) is 19.1 Å². The zero-order chi connectivity index (χ0) is 13.8. The zero-order valence-corrected chi connectivity index (χ0v) is 11.1. The van der Waals surface area contributed by atoms with Crippen LogP contribution in [0.5, 0.6) is 0 Å². The van der Waals surface area contributed by atoms with Crippen molar-refractivity contribution in [2.24, 2.45) is 0 Å². The predicted octanol–water partition coefficient (Wildman–Crippen LogP) is 2.27. The van der Waals surface area contributed by atoms with E-state index in [0.717, 1.165) is 0 Å². The SMILES string of the molecule is O=C(O)N1CCCOCC1c1ccc(CO)cc1Cl. The average Bonchev–Trinajstić information content (AvgIpc) is 2.64. The van der Waals surface area contributed by atoms with Crippen LogP contribution < -0.4 is 0 Å². The number of carboxylic acid groups (broad SMARTS) is 1. The van der Waals surface area contributed by atoms with E-state index in [1.165, 1.54) is 4.90 Å². The topological polar surface area (TPSA) is 70.0 Å². The van der Waals surface area contributed by atoms with E-state index in [-0.39, 0.29) is 6.61 Å². The predicted molar refractivity (Wildman–Crippen MR) is 70.3 cm³/mol. The van der Waals surface area contributed by atoms with Crippen molar-refractivity contribution in [3.8, 4) is 0 Å². The molecule has 1 atom stereocenters. The van der Waals surface area contributed by atoms with Crippen LogP contribution in [0, 0.1) is 0 Å². The van der Waals surface area contributed by atoms with Gasteiger partial charge in [0.1, 0.15) is 0 Å². The van der Waals surface area contributed by atoms with Crippen molar-refractivity contribution in [3.05, 3.63) is 34.3 Å². The molecule has 0 radical (unpaired) electrons. The molecule has 1 heterocycles. The largest absolute Gasteiger partial charge is 0.465 e. The molecule has 1 amide bonds. The summed E-state index contributed by atoms with van der Waals surface area (Å²) in [6, 6.07) is 4.75. The highest BCUT2D eigenvalue weighted by Crippen LogP contribution is 2.30. The van der Waals surface area contributed by atoms with Gasteiger partial charge in [0.2, 0.25) is 0 Å². The van der Waals surface area contributed by atoms with E-state index >= 15 is 0 Å². The van der Waals surface area contributed by atoms with E-state index in [2.05, 4.69) is 0 Å². The Balaban J connectivity index is 2.33. The van der Waals surface area contributed by atoms with Crippen LogP contribution in [0.15, 0.2) is 18.2 Å². The van der Waals surface area contributed by atoms with Gasteiger partial charge in [-0.3, -0.25) is 4.90 Å². The van der Waals surface area contributed by atoms with Crippen molar-refractivity contribution in [3.63, 3.8) is 0 Å². The molecule has 1 aromatic carbocycles. The van der Waals surface area contributed by atoms with Crippen molar-refractivity contribution >= 4 is 17.7 Å². The molecule has 1 saturated heterocycles. The van der Waals surface area contributed by atoms with Gasteiger partial charge in [0.05, 0.1) is 19.3 Å². The fraction of sp³-hybridized carbons (Fsp3) is 0.462. The number of ether oxygens (including phenoxy) is 1. The van der Waals surface area contributed by atoms with Gasteiger partial charge in [-0.05, 0) is 23.6 Å². The summed E-state index contributed by atoms with van der Waals surface area (Å²) in [5.74, 6) is 0. The number of amides is 1. The molecule has 1 aromatic rings. The summed E-state index contributed by atoms with van der Waals surface area (Å²) in [4.78, 5) is 12.7. The summed E-state index contributed by atoms with van der Waals surface area (Å²) < 4.78 is 5.44. The Kier molecular flexibility index (Phi) is 4.63. The molecule has 1 aliphatic rings. The Bertz CT molecular complexity index is 466. The quantitative estimate of drug-likeness (QED) is 0.874. The lowest BCUT2D eigenvalue weighted by Crippen LogP contribution is -2.35. The van der Waals surface area contributed by atoms with Crippen LogP contribution in [0.25, 0.3) is 0 Å². The molecule has 104 valence electrons. The molecule has 1 unspecified atom stereocenters. The molecule has 19 heavy (non-hydrogen) atoms. The Labute approximate surface area is 116 Å². The van der Waals surface area contributed by atoms with Crippen LogP contribution in [0.2, 0.25) is 5.02 Å². The van der Waals surface area contributed by atoms with Gasteiger partial charge in [-0.2, -0.15) is 0 Å². The Morgan fingerprint density at radius 3 is 2.95 bits per heavy atom. The number of aliphatic hydroxyl groups excluding tert-OH is 1. The third kappa shape index (κ3) is 3.18. The minimum Gasteiger partial charge on any atom is -0.465 e. The van der Waals surface area contributed by atoms with Gasteiger partial charge in [0.25, 0.3) is 0 Å². The van der Waals surface area contributed by atoms with Crippen LogP contribution in [-0.2, 0) is 11.3 Å². The number of nitrogens with zero attached hydrogens (tertiary/aromatic N) is 1. The lowest BCUT2D eigenvalue weighted by molar-refractivity contribution is 0.0904. The monoisotopic (exact) mass is 285 g/mol. The molecule has 0 bridgehead atoms. The molecule has 0 aromatic heterocycles. The second kappa shape index (κ2) is 6.23. The summed E-state index contributed by atoms with van der Waals surface area (Å²) >= 11 is 6.18. The molecule has 2 rings (SSSR count). The standard InChI is InChI=1S/C13H16ClNO4/c14-11-6-9(7-16)2-3-10(11)12-8-19-5-1-4-15(12)13(17)18/h2-3,6,12,16H,1,4-5,7-8H2,(H,17,18). The summed E-state index contributed by atoms with van der Waals surface area (Å²) in [7, 11) is 0. The van der Waals surface area contributed by atoms with E-state index < -0.39 is 12.1 Å². The van der Waals surface area contributed by atoms with E-state index in [1.54, 1.807) is 18.2 Å². The number of halogens is 1. The lowest BCUT2D eigenvalue weighted by Gasteiger charge is -2.27. The summed E-state index contributed by atoms with van der Waals surface area (Å²) in [6.45, 7) is 1.18. The van der Waals surface area contributed by atoms with Crippen molar-refractivity contribution in [2.75, 3.05) is 19.8 Å².